The van der Waals surface area contributed by atoms with Gasteiger partial charge in [-0.05, 0) is 56.0 Å². The van der Waals surface area contributed by atoms with E-state index in [1.807, 2.05) is 29.2 Å². The summed E-state index contributed by atoms with van der Waals surface area (Å²) in [6.45, 7) is 5.69. The molecule has 7 nitrogen and oxygen atoms in total. The first-order chi connectivity index (χ1) is 16.5. The molecule has 3 saturated heterocycles. The first-order valence-electron chi connectivity index (χ1n) is 12.5. The van der Waals surface area contributed by atoms with E-state index in [1.165, 1.54) is 5.69 Å². The Morgan fingerprint density at radius 1 is 0.676 bits per heavy atom. The van der Waals surface area contributed by atoms with Crippen molar-refractivity contribution in [2.24, 2.45) is 0 Å². The van der Waals surface area contributed by atoms with Crippen molar-refractivity contribution in [3.8, 4) is 0 Å². The Bertz CT molecular complexity index is 1100. The molecule has 8 heteroatoms. The highest BCUT2D eigenvalue weighted by Gasteiger charge is 2.31. The number of hydrogen-bond acceptors (Lipinski definition) is 5. The topological polar surface area (TPSA) is 64.2 Å². The largest absolute Gasteiger partial charge is 0.371 e. The van der Waals surface area contributed by atoms with E-state index in [-0.39, 0.29) is 10.8 Å². The van der Waals surface area contributed by atoms with Crippen LogP contribution in [0.4, 0.5) is 11.4 Å². The van der Waals surface area contributed by atoms with Crippen molar-refractivity contribution in [1.82, 2.24) is 9.21 Å². The maximum atomic E-state index is 13.7. The molecular weight excluding hydrogens is 448 g/mol. The number of carbonyl (C=O) groups excluding carboxylic acids is 1. The van der Waals surface area contributed by atoms with Crippen LogP contribution in [0.5, 0.6) is 0 Å². The van der Waals surface area contributed by atoms with E-state index in [0.29, 0.717) is 31.7 Å². The summed E-state index contributed by atoms with van der Waals surface area (Å²) < 4.78 is 28.3. The van der Waals surface area contributed by atoms with E-state index in [0.717, 1.165) is 64.0 Å². The Morgan fingerprint density at radius 3 is 2.00 bits per heavy atom. The molecule has 0 bridgehead atoms. The van der Waals surface area contributed by atoms with Crippen molar-refractivity contribution in [2.45, 2.75) is 37.0 Å². The van der Waals surface area contributed by atoms with E-state index < -0.39 is 10.0 Å². The average molecular weight is 483 g/mol. The predicted octanol–water partition coefficient (Wildman–Crippen LogP) is 3.42. The lowest BCUT2D eigenvalue weighted by Gasteiger charge is -2.37. The fourth-order valence-electron chi connectivity index (χ4n) is 5.31. The Balaban J connectivity index is 1.40. The van der Waals surface area contributed by atoms with Crippen LogP contribution >= 0.6 is 0 Å². The number of amides is 1. The molecule has 2 aromatic rings. The van der Waals surface area contributed by atoms with Crippen LogP contribution < -0.4 is 9.80 Å². The number of sulfonamides is 1. The van der Waals surface area contributed by atoms with Gasteiger partial charge in [0.2, 0.25) is 10.0 Å². The first-order valence-corrected chi connectivity index (χ1v) is 14.0. The van der Waals surface area contributed by atoms with Gasteiger partial charge in [-0.15, -0.1) is 0 Å². The predicted molar refractivity (Wildman–Crippen MR) is 135 cm³/mol. The lowest BCUT2D eigenvalue weighted by molar-refractivity contribution is 0.0747. The fourth-order valence-corrected chi connectivity index (χ4v) is 6.86. The highest BCUT2D eigenvalue weighted by Crippen LogP contribution is 2.31. The van der Waals surface area contributed by atoms with Gasteiger partial charge in [-0.1, -0.05) is 24.6 Å². The minimum Gasteiger partial charge on any atom is -0.371 e. The molecule has 0 radical (unpaired) electrons. The highest BCUT2D eigenvalue weighted by molar-refractivity contribution is 7.89. The zero-order valence-corrected chi connectivity index (χ0v) is 20.5. The number of rotatable bonds is 5. The molecule has 2 aromatic carbocycles. The minimum absolute atomic E-state index is 0.0645. The Hall–Kier alpha value is -2.58. The van der Waals surface area contributed by atoms with Crippen LogP contribution in [0.2, 0.25) is 0 Å². The number of carbonyl (C=O) groups is 1. The normalized spacial score (nSPS) is 20.1. The number of benzene rings is 2. The zero-order chi connectivity index (χ0) is 23.5. The summed E-state index contributed by atoms with van der Waals surface area (Å²) in [6.07, 6.45) is 5.04. The molecule has 0 aliphatic carbocycles. The maximum absolute atomic E-state index is 13.7. The summed E-state index contributed by atoms with van der Waals surface area (Å²) in [4.78, 5) is 20.4. The van der Waals surface area contributed by atoms with Gasteiger partial charge >= 0.3 is 0 Å². The van der Waals surface area contributed by atoms with Gasteiger partial charge in [0.1, 0.15) is 0 Å². The number of anilines is 2. The maximum Gasteiger partial charge on any atom is 0.256 e. The van der Waals surface area contributed by atoms with Crippen LogP contribution in [0.3, 0.4) is 0 Å². The van der Waals surface area contributed by atoms with E-state index >= 15 is 0 Å². The summed E-state index contributed by atoms with van der Waals surface area (Å²) in [6, 6.07) is 15.5. The van der Waals surface area contributed by atoms with Crippen molar-refractivity contribution in [1.29, 1.82) is 0 Å². The molecule has 0 spiro atoms. The second-order valence-electron chi connectivity index (χ2n) is 9.45. The number of nitrogens with zero attached hydrogens (tertiary/aromatic N) is 4. The molecular formula is C26H34N4O3S. The third kappa shape index (κ3) is 4.66. The SMILES string of the molecule is O=C(c1cc(S(=O)(=O)N2CCCCC2)ccc1N1CCCC1)N1CCN(c2ccccc2)CC1. The third-order valence-corrected chi connectivity index (χ3v) is 9.18. The van der Waals surface area contributed by atoms with Gasteiger partial charge in [0.05, 0.1) is 10.5 Å². The van der Waals surface area contributed by atoms with Crippen LogP contribution in [-0.4, -0.2) is 75.9 Å². The van der Waals surface area contributed by atoms with Gasteiger partial charge in [0, 0.05) is 63.7 Å². The van der Waals surface area contributed by atoms with Crippen LogP contribution in [0, 0.1) is 0 Å². The van der Waals surface area contributed by atoms with Gasteiger partial charge in [-0.2, -0.15) is 4.31 Å². The lowest BCUT2D eigenvalue weighted by atomic mass is 10.1. The third-order valence-electron chi connectivity index (χ3n) is 7.29. The van der Waals surface area contributed by atoms with E-state index in [2.05, 4.69) is 21.9 Å². The summed E-state index contributed by atoms with van der Waals surface area (Å²) in [5, 5.41) is 0. The second kappa shape index (κ2) is 9.96. The van der Waals surface area contributed by atoms with Crippen LogP contribution in [-0.2, 0) is 10.0 Å². The molecule has 0 aromatic heterocycles. The number of piperazine rings is 1. The van der Waals surface area contributed by atoms with Crippen molar-refractivity contribution in [3.05, 3.63) is 54.1 Å². The molecule has 1 amide bonds. The van der Waals surface area contributed by atoms with Crippen molar-refractivity contribution in [2.75, 3.05) is 62.2 Å². The molecule has 182 valence electrons. The van der Waals surface area contributed by atoms with Crippen LogP contribution in [0.15, 0.2) is 53.4 Å². The van der Waals surface area contributed by atoms with Gasteiger partial charge in [0.25, 0.3) is 5.91 Å². The molecule has 3 heterocycles. The van der Waals surface area contributed by atoms with Gasteiger partial charge < -0.3 is 14.7 Å². The quantitative estimate of drug-likeness (QED) is 0.654. The van der Waals surface area contributed by atoms with Crippen molar-refractivity contribution < 1.29 is 13.2 Å². The summed E-state index contributed by atoms with van der Waals surface area (Å²) in [5.41, 5.74) is 2.56. The minimum atomic E-state index is -3.60. The summed E-state index contributed by atoms with van der Waals surface area (Å²) in [7, 11) is -3.60. The van der Waals surface area contributed by atoms with Crippen molar-refractivity contribution in [3.63, 3.8) is 0 Å². The molecule has 3 fully saturated rings. The molecule has 3 aliphatic rings. The molecule has 5 rings (SSSR count). The summed E-state index contributed by atoms with van der Waals surface area (Å²) >= 11 is 0. The molecule has 0 atom stereocenters. The van der Waals surface area contributed by atoms with Gasteiger partial charge in [-0.3, -0.25) is 4.79 Å². The van der Waals surface area contributed by atoms with Crippen molar-refractivity contribution >= 4 is 27.3 Å². The van der Waals surface area contributed by atoms with Crippen LogP contribution in [0.1, 0.15) is 42.5 Å². The Labute approximate surface area is 203 Å². The first kappa shape index (κ1) is 23.2. The fraction of sp³-hybridized carbons (Fsp3) is 0.500. The Kier molecular flexibility index (Phi) is 6.79. The highest BCUT2D eigenvalue weighted by atomic mass is 32.2. The molecule has 0 saturated carbocycles. The monoisotopic (exact) mass is 482 g/mol. The second-order valence-corrected chi connectivity index (χ2v) is 11.4. The molecule has 0 unspecified atom stereocenters. The average Bonchev–Trinajstić information content (AvgIpc) is 3.44. The van der Waals surface area contributed by atoms with Gasteiger partial charge in [0.15, 0.2) is 0 Å². The van der Waals surface area contributed by atoms with E-state index in [9.17, 15) is 13.2 Å². The van der Waals surface area contributed by atoms with Crippen LogP contribution in [0.25, 0.3) is 0 Å². The Morgan fingerprint density at radius 2 is 1.32 bits per heavy atom. The molecule has 0 N–H and O–H groups in total. The van der Waals surface area contributed by atoms with E-state index in [1.54, 1.807) is 16.4 Å². The smallest absolute Gasteiger partial charge is 0.256 e. The number of hydrogen-bond donors (Lipinski definition) is 0. The summed E-state index contributed by atoms with van der Waals surface area (Å²) in [5.74, 6) is -0.0645. The van der Waals surface area contributed by atoms with Gasteiger partial charge in [-0.25, -0.2) is 8.42 Å². The van der Waals surface area contributed by atoms with E-state index in [4.69, 9.17) is 0 Å². The zero-order valence-electron chi connectivity index (χ0n) is 19.7. The molecule has 34 heavy (non-hydrogen) atoms. The molecule has 3 aliphatic heterocycles. The number of piperidine rings is 1. The number of para-hydroxylation sites is 1. The standard InChI is InChI=1S/C26H34N4O3S/c31-26(29-19-17-27(18-20-29)22-9-3-1-4-10-22)24-21-23(11-12-25(24)28-13-7-8-14-28)34(32,33)30-15-5-2-6-16-30/h1,3-4,9-12,21H,2,5-8,13-20H2. The lowest BCUT2D eigenvalue weighted by Crippen LogP contribution is -2.49.